The van der Waals surface area contributed by atoms with Crippen LogP contribution in [0, 0.1) is 5.92 Å². The Morgan fingerprint density at radius 2 is 1.87 bits per heavy atom. The molecule has 4 heterocycles. The summed E-state index contributed by atoms with van der Waals surface area (Å²) in [4.78, 5) is 42.8. The molecule has 0 saturated carbocycles. The molecule has 46 heavy (non-hydrogen) atoms. The lowest BCUT2D eigenvalue weighted by molar-refractivity contribution is -0.131. The highest BCUT2D eigenvalue weighted by molar-refractivity contribution is 6.05. The van der Waals surface area contributed by atoms with Crippen LogP contribution >= 0.6 is 0 Å². The number of aliphatic imine (C=N–C) groups is 1. The van der Waals surface area contributed by atoms with Gasteiger partial charge in [-0.05, 0) is 77.9 Å². The van der Waals surface area contributed by atoms with Gasteiger partial charge in [-0.2, -0.15) is 0 Å². The maximum Gasteiger partial charge on any atom is 0.236 e. The Hall–Kier alpha value is -4.50. The second-order valence-electron chi connectivity index (χ2n) is 13.7. The van der Waals surface area contributed by atoms with Crippen molar-refractivity contribution in [2.24, 2.45) is 16.6 Å². The van der Waals surface area contributed by atoms with E-state index in [1.54, 1.807) is 0 Å². The Balaban J connectivity index is 1.09. The minimum atomic E-state index is -0.319. The number of nitrogens with one attached hydrogen (secondary N) is 2. The Bertz CT molecular complexity index is 1960. The third-order valence-corrected chi connectivity index (χ3v) is 10.6. The molecule has 9 heteroatoms. The lowest BCUT2D eigenvalue weighted by Crippen LogP contribution is -2.50. The number of nitrogens with zero attached hydrogens (tertiary/aromatic N) is 4. The van der Waals surface area contributed by atoms with Gasteiger partial charge >= 0.3 is 0 Å². The molecule has 3 unspecified atom stereocenters. The van der Waals surface area contributed by atoms with E-state index >= 15 is 0 Å². The topological polar surface area (TPSA) is 120 Å². The largest absolute Gasteiger partial charge is 0.361 e. The average Bonchev–Trinajstić information content (AvgIpc) is 3.87. The summed E-state index contributed by atoms with van der Waals surface area (Å²) < 4.78 is 0. The van der Waals surface area contributed by atoms with E-state index in [1.807, 2.05) is 16.7 Å². The lowest BCUT2D eigenvalue weighted by atomic mass is 9.80. The van der Waals surface area contributed by atoms with Gasteiger partial charge in [0, 0.05) is 24.9 Å². The quantitative estimate of drug-likeness (QED) is 0.275. The zero-order valence-electron chi connectivity index (χ0n) is 26.7. The van der Waals surface area contributed by atoms with E-state index in [4.69, 9.17) is 15.7 Å². The molecule has 5 atom stereocenters. The van der Waals surface area contributed by atoms with E-state index in [-0.39, 0.29) is 42.0 Å². The van der Waals surface area contributed by atoms with Crippen LogP contribution in [-0.2, 0) is 9.59 Å². The predicted octanol–water partition coefficient (Wildman–Crippen LogP) is 5.48. The van der Waals surface area contributed by atoms with Gasteiger partial charge in [-0.25, -0.2) is 4.98 Å². The molecule has 2 saturated heterocycles. The molecule has 3 aliphatic heterocycles. The Labute approximate surface area is 268 Å². The van der Waals surface area contributed by atoms with Crippen molar-refractivity contribution in [3.63, 3.8) is 0 Å². The third kappa shape index (κ3) is 4.54. The molecule has 2 fully saturated rings. The van der Waals surface area contributed by atoms with E-state index < -0.39 is 0 Å². The van der Waals surface area contributed by atoms with Crippen LogP contribution in [0.1, 0.15) is 75.5 Å². The van der Waals surface area contributed by atoms with Gasteiger partial charge in [0.1, 0.15) is 17.7 Å². The number of aromatic nitrogens is 2. The van der Waals surface area contributed by atoms with Crippen molar-refractivity contribution in [3.8, 4) is 11.1 Å². The van der Waals surface area contributed by atoms with Crippen molar-refractivity contribution in [1.29, 1.82) is 0 Å². The van der Waals surface area contributed by atoms with Crippen molar-refractivity contribution in [2.45, 2.75) is 70.1 Å². The van der Waals surface area contributed by atoms with Gasteiger partial charge in [0.05, 0.1) is 35.2 Å². The first-order valence-corrected chi connectivity index (χ1v) is 16.7. The molecule has 9 nitrogen and oxygen atoms in total. The van der Waals surface area contributed by atoms with Crippen molar-refractivity contribution in [2.75, 3.05) is 19.6 Å². The Morgan fingerprint density at radius 3 is 2.70 bits per heavy atom. The summed E-state index contributed by atoms with van der Waals surface area (Å²) in [5, 5.41) is 5.94. The molecule has 2 amide bonds. The van der Waals surface area contributed by atoms with E-state index in [0.717, 1.165) is 76.9 Å². The van der Waals surface area contributed by atoms with Crippen LogP contribution in [0.3, 0.4) is 0 Å². The van der Waals surface area contributed by atoms with E-state index in [0.29, 0.717) is 12.3 Å². The number of amides is 2. The molecule has 3 aromatic carbocycles. The van der Waals surface area contributed by atoms with Crippen LogP contribution < -0.4 is 11.1 Å². The maximum absolute atomic E-state index is 12.7. The van der Waals surface area contributed by atoms with Crippen LogP contribution in [0.2, 0.25) is 0 Å². The molecule has 1 aliphatic carbocycles. The van der Waals surface area contributed by atoms with Crippen molar-refractivity contribution < 1.29 is 9.59 Å². The number of imidazole rings is 1. The van der Waals surface area contributed by atoms with Gasteiger partial charge in [0.25, 0.3) is 0 Å². The second-order valence-corrected chi connectivity index (χ2v) is 13.7. The normalized spacial score (nSPS) is 26.8. The fourth-order valence-electron chi connectivity index (χ4n) is 8.16. The minimum absolute atomic E-state index is 0.0150. The number of amidine groups is 1. The second kappa shape index (κ2) is 10.8. The van der Waals surface area contributed by atoms with Gasteiger partial charge in [0.2, 0.25) is 11.8 Å². The van der Waals surface area contributed by atoms with Crippen molar-refractivity contribution in [3.05, 3.63) is 71.6 Å². The summed E-state index contributed by atoms with van der Waals surface area (Å²) >= 11 is 0. The summed E-state index contributed by atoms with van der Waals surface area (Å²) in [7, 11) is 0. The first-order chi connectivity index (χ1) is 22.3. The van der Waals surface area contributed by atoms with Gasteiger partial charge in [-0.3, -0.25) is 14.6 Å². The highest BCUT2D eigenvalue weighted by Crippen LogP contribution is 2.44. The first-order valence-electron chi connectivity index (χ1n) is 16.7. The minimum Gasteiger partial charge on any atom is -0.361 e. The molecule has 0 radical (unpaired) electrons. The van der Waals surface area contributed by atoms with E-state index in [1.165, 1.54) is 11.1 Å². The number of H-pyrrole nitrogens is 1. The van der Waals surface area contributed by atoms with Crippen molar-refractivity contribution in [1.82, 2.24) is 25.1 Å². The number of fused-ring (bicyclic) bond motifs is 6. The van der Waals surface area contributed by atoms with Crippen LogP contribution in [0.4, 0.5) is 0 Å². The van der Waals surface area contributed by atoms with Gasteiger partial charge in [-0.15, -0.1) is 0 Å². The maximum atomic E-state index is 12.7. The van der Waals surface area contributed by atoms with Gasteiger partial charge in [-0.1, -0.05) is 56.3 Å². The number of likely N-dealkylation sites (tertiary alicyclic amines) is 2. The molecule has 236 valence electrons. The number of nitrogens with two attached hydrogens (primary N) is 1. The van der Waals surface area contributed by atoms with Gasteiger partial charge < -0.3 is 25.8 Å². The van der Waals surface area contributed by atoms with E-state index in [9.17, 15) is 9.59 Å². The third-order valence-electron chi connectivity index (χ3n) is 10.6. The molecule has 4 N–H and O–H groups in total. The summed E-state index contributed by atoms with van der Waals surface area (Å²) in [6, 6.07) is 17.4. The molecular formula is C37H41N7O2. The molecule has 1 aromatic heterocycles. The highest BCUT2D eigenvalue weighted by Gasteiger charge is 2.46. The Morgan fingerprint density at radius 1 is 1.04 bits per heavy atom. The lowest BCUT2D eigenvalue weighted by Gasteiger charge is -2.33. The fourth-order valence-corrected chi connectivity index (χ4v) is 8.16. The highest BCUT2D eigenvalue weighted by atomic mass is 16.2. The number of aromatic amines is 1. The summed E-state index contributed by atoms with van der Waals surface area (Å²) in [5.74, 6) is 2.40. The zero-order chi connectivity index (χ0) is 31.7. The van der Waals surface area contributed by atoms with E-state index in [2.05, 4.69) is 84.8 Å². The molecular weight excluding hydrogens is 574 g/mol. The summed E-state index contributed by atoms with van der Waals surface area (Å²) in [6.45, 7) is 7.90. The number of benzene rings is 3. The monoisotopic (exact) mass is 615 g/mol. The summed E-state index contributed by atoms with van der Waals surface area (Å²) in [5.41, 5.74) is 11.9. The predicted molar refractivity (Wildman–Crippen MR) is 182 cm³/mol. The van der Waals surface area contributed by atoms with Crippen LogP contribution in [-0.4, -0.2) is 68.6 Å². The fraction of sp³-hybridized carbons (Fsp3) is 0.405. The van der Waals surface area contributed by atoms with Crippen LogP contribution in [0.15, 0.2) is 59.6 Å². The molecule has 0 spiro atoms. The van der Waals surface area contributed by atoms with Crippen LogP contribution in [0.5, 0.6) is 0 Å². The van der Waals surface area contributed by atoms with Crippen LogP contribution in [0.25, 0.3) is 39.0 Å². The molecule has 4 aliphatic rings. The van der Waals surface area contributed by atoms with Gasteiger partial charge in [0.15, 0.2) is 0 Å². The summed E-state index contributed by atoms with van der Waals surface area (Å²) in [6.07, 6.45) is 7.75. The number of carbonyl (C=O) groups excluding carboxylic acids is 2. The standard InChI is InChI=1S/C37H41N7O2/c1-4-31(45)44-20-21(2)16-30(44)36-41-34-27-11-8-23(18-25(27)13-14-37(34,3)42-36)22-7-10-26-24(17-22)9-12-28-33(26)40-35(39-28)29-6-5-15-43(29)32(46)19-38/h7-14,17-18,21,29-30,34H,4-6,15-16,19-20,38H2,1-3H3,(H,39,40)(H,41,42)/t21?,29-,30-,34?,37?/m0/s1. The molecule has 8 rings (SSSR count). The van der Waals surface area contributed by atoms with Crippen molar-refractivity contribution >= 4 is 45.5 Å². The first kappa shape index (κ1) is 28.9. The number of rotatable bonds is 5. The number of hydrogen-bond acceptors (Lipinski definition) is 6. The Kier molecular flexibility index (Phi) is 6.79. The average molecular weight is 616 g/mol. The smallest absolute Gasteiger partial charge is 0.236 e. The molecule has 0 bridgehead atoms. The zero-order valence-corrected chi connectivity index (χ0v) is 26.7. The number of carbonyl (C=O) groups is 2. The SMILES string of the molecule is CCC(=O)N1CC(C)C[C@H]1C1=NC2c3ccc(-c4ccc5c(ccc6[nH]c([C@@H]7CCCN7C(=O)CN)nc65)c4)cc3C=CC2(C)N1. The molecule has 4 aromatic rings. The number of hydrogen-bond donors (Lipinski definition) is 3.